The maximum absolute atomic E-state index is 2.99. The van der Waals surface area contributed by atoms with Crippen molar-refractivity contribution in [3.63, 3.8) is 0 Å². The molecule has 2 aromatic rings. The van der Waals surface area contributed by atoms with Gasteiger partial charge in [-0.2, -0.15) is 12.1 Å². The minimum Gasteiger partial charge on any atom is -1.00 e. The first-order chi connectivity index (χ1) is 8.27. The summed E-state index contributed by atoms with van der Waals surface area (Å²) < 4.78 is 0. The molecule has 0 atom stereocenters. The van der Waals surface area contributed by atoms with Crippen LogP contribution in [0.4, 0.5) is 0 Å². The summed E-state index contributed by atoms with van der Waals surface area (Å²) in [5.74, 6) is 0. The summed E-state index contributed by atoms with van der Waals surface area (Å²) in [7, 11) is 0.0576. The van der Waals surface area contributed by atoms with Gasteiger partial charge in [0.05, 0.1) is 0 Å². The Kier molecular flexibility index (Phi) is 13.3. The van der Waals surface area contributed by atoms with Crippen LogP contribution in [-0.4, -0.2) is 13.3 Å². The molecule has 0 N–H and O–H groups in total. The van der Waals surface area contributed by atoms with Gasteiger partial charge in [-0.1, -0.05) is 6.07 Å². The minimum atomic E-state index is 0. The summed E-state index contributed by atoms with van der Waals surface area (Å²) in [6.07, 6.45) is 10.0. The molecular formula is C16H17Cl2HfP. The van der Waals surface area contributed by atoms with Gasteiger partial charge < -0.3 is 24.8 Å². The predicted molar refractivity (Wildman–Crippen MR) is 79.5 cm³/mol. The van der Waals surface area contributed by atoms with Crippen LogP contribution in [0.2, 0.25) is 0 Å². The Balaban J connectivity index is 0. The summed E-state index contributed by atoms with van der Waals surface area (Å²) in [5, 5.41) is 4.26. The Morgan fingerprint density at radius 2 is 1.85 bits per heavy atom. The van der Waals surface area contributed by atoms with Gasteiger partial charge in [0.2, 0.25) is 0 Å². The zero-order chi connectivity index (χ0) is 12.1. The fraction of sp³-hybridized carbons (Fsp3) is 0.188. The Labute approximate surface area is 154 Å². The standard InChI is InChI=1S/C11H12P.C5H5.2ClH.Hf/c1-12(2)11-7-9-5-3-4-6-10(9)8-11;1-2-4-5-3-1;;;/h3-8H,1-2H3;1-3H,4H2;2*1H;/q2*-1;;;+4/p-2. The Morgan fingerprint density at radius 3 is 2.30 bits per heavy atom. The second kappa shape index (κ2) is 11.8. The number of fused-ring (bicyclic) bond motifs is 1. The van der Waals surface area contributed by atoms with E-state index in [0.717, 1.165) is 6.42 Å². The van der Waals surface area contributed by atoms with Gasteiger partial charge in [-0.3, -0.25) is 6.08 Å². The fourth-order valence-corrected chi connectivity index (χ4v) is 2.53. The summed E-state index contributed by atoms with van der Waals surface area (Å²) >= 11 is 0. The molecule has 4 heteroatoms. The monoisotopic (exact) mass is 490 g/mol. The molecule has 0 bridgehead atoms. The maximum atomic E-state index is 2.99. The average Bonchev–Trinajstić information content (AvgIpc) is 3.01. The first kappa shape index (κ1) is 22.5. The third-order valence-corrected chi connectivity index (χ3v) is 4.00. The van der Waals surface area contributed by atoms with Crippen LogP contribution < -0.4 is 30.1 Å². The number of hydrogen-bond acceptors (Lipinski definition) is 0. The van der Waals surface area contributed by atoms with Crippen LogP contribution in [0.25, 0.3) is 10.8 Å². The van der Waals surface area contributed by atoms with Crippen molar-refractivity contribution in [2.24, 2.45) is 0 Å². The molecule has 0 nitrogen and oxygen atoms in total. The summed E-state index contributed by atoms with van der Waals surface area (Å²) in [6, 6.07) is 13.2. The number of benzene rings is 1. The molecule has 0 saturated heterocycles. The molecule has 0 aliphatic heterocycles. The van der Waals surface area contributed by atoms with Gasteiger partial charge in [-0.15, -0.1) is 54.7 Å². The second-order valence-corrected chi connectivity index (χ2v) is 6.55. The largest absolute Gasteiger partial charge is 4.00 e. The normalized spacial score (nSPS) is 11.2. The van der Waals surface area contributed by atoms with Crippen LogP contribution in [0.1, 0.15) is 6.42 Å². The molecule has 20 heavy (non-hydrogen) atoms. The molecule has 1 aliphatic rings. The third kappa shape index (κ3) is 6.76. The van der Waals surface area contributed by atoms with Crippen molar-refractivity contribution in [3.05, 3.63) is 60.7 Å². The molecule has 0 spiro atoms. The molecule has 0 saturated carbocycles. The van der Waals surface area contributed by atoms with Gasteiger partial charge in [0.1, 0.15) is 0 Å². The van der Waals surface area contributed by atoms with E-state index in [1.54, 1.807) is 0 Å². The number of hydrogen-bond donors (Lipinski definition) is 0. The van der Waals surface area contributed by atoms with E-state index in [4.69, 9.17) is 0 Å². The Morgan fingerprint density at radius 1 is 1.15 bits per heavy atom. The predicted octanol–water partition coefficient (Wildman–Crippen LogP) is -1.76. The zero-order valence-corrected chi connectivity index (χ0v) is 17.6. The molecule has 0 aromatic heterocycles. The quantitative estimate of drug-likeness (QED) is 0.253. The van der Waals surface area contributed by atoms with Crippen molar-refractivity contribution in [1.29, 1.82) is 0 Å². The first-order valence-corrected chi connectivity index (χ1v) is 8.05. The van der Waals surface area contributed by atoms with E-state index >= 15 is 0 Å². The van der Waals surface area contributed by atoms with E-state index in [0.29, 0.717) is 0 Å². The molecule has 104 valence electrons. The van der Waals surface area contributed by atoms with Crippen molar-refractivity contribution in [3.8, 4) is 0 Å². The van der Waals surface area contributed by atoms with E-state index in [-0.39, 0.29) is 58.6 Å². The topological polar surface area (TPSA) is 0 Å². The van der Waals surface area contributed by atoms with Crippen LogP contribution in [0.5, 0.6) is 0 Å². The van der Waals surface area contributed by atoms with E-state index in [9.17, 15) is 0 Å². The molecule has 3 rings (SSSR count). The maximum Gasteiger partial charge on any atom is 4.00 e. The van der Waals surface area contributed by atoms with Crippen molar-refractivity contribution in [2.75, 3.05) is 13.3 Å². The number of allylic oxidation sites excluding steroid dienone is 4. The SMILES string of the molecule is CP(C)c1cc2ccccc2[cH-]1.[C-]1=CC=CC1.[Cl-].[Cl-].[Hf+4]. The number of rotatable bonds is 1. The van der Waals surface area contributed by atoms with Gasteiger partial charge in [0.25, 0.3) is 0 Å². The van der Waals surface area contributed by atoms with E-state index in [1.165, 1.54) is 16.1 Å². The van der Waals surface area contributed by atoms with Gasteiger partial charge in [0.15, 0.2) is 0 Å². The van der Waals surface area contributed by atoms with Crippen LogP contribution in [0, 0.1) is 6.08 Å². The van der Waals surface area contributed by atoms with Crippen LogP contribution >= 0.6 is 7.92 Å². The fourth-order valence-electron chi connectivity index (χ4n) is 1.73. The molecule has 0 radical (unpaired) electrons. The van der Waals surface area contributed by atoms with Crippen molar-refractivity contribution >= 4 is 24.0 Å². The van der Waals surface area contributed by atoms with Crippen molar-refractivity contribution < 1.29 is 50.7 Å². The van der Waals surface area contributed by atoms with Crippen molar-refractivity contribution in [1.82, 2.24) is 0 Å². The molecule has 1 aliphatic carbocycles. The molecule has 0 amide bonds. The summed E-state index contributed by atoms with van der Waals surface area (Å²) in [4.78, 5) is 0. The van der Waals surface area contributed by atoms with Gasteiger partial charge in [0, 0.05) is 0 Å². The van der Waals surface area contributed by atoms with E-state index < -0.39 is 0 Å². The third-order valence-electron chi connectivity index (χ3n) is 2.71. The van der Waals surface area contributed by atoms with E-state index in [1.807, 2.05) is 12.2 Å². The molecule has 0 fully saturated rings. The first-order valence-electron chi connectivity index (χ1n) is 5.82. The average molecular weight is 490 g/mol. The van der Waals surface area contributed by atoms with E-state index in [2.05, 4.69) is 61.9 Å². The summed E-state index contributed by atoms with van der Waals surface area (Å²) in [6.45, 7) is 4.59. The minimum absolute atomic E-state index is 0. The smallest absolute Gasteiger partial charge is 1.00 e. The van der Waals surface area contributed by atoms with Crippen LogP contribution in [0.15, 0.2) is 54.6 Å². The Hall–Kier alpha value is 0.190. The summed E-state index contributed by atoms with van der Waals surface area (Å²) in [5.41, 5.74) is 0. The van der Waals surface area contributed by atoms with Crippen LogP contribution in [-0.2, 0) is 25.8 Å². The Bertz CT molecular complexity index is 501. The van der Waals surface area contributed by atoms with Gasteiger partial charge in [-0.05, 0) is 13.3 Å². The molecule has 0 unspecified atom stereocenters. The van der Waals surface area contributed by atoms with Crippen LogP contribution in [0.3, 0.4) is 0 Å². The molecule has 0 heterocycles. The van der Waals surface area contributed by atoms with Gasteiger partial charge in [-0.25, -0.2) is 12.2 Å². The van der Waals surface area contributed by atoms with Gasteiger partial charge >= 0.3 is 25.8 Å². The zero-order valence-electron chi connectivity index (χ0n) is 11.6. The molecular weight excluding hydrogens is 473 g/mol. The second-order valence-electron chi connectivity index (χ2n) is 4.24. The number of halogens is 2. The van der Waals surface area contributed by atoms with Crippen molar-refractivity contribution in [2.45, 2.75) is 6.42 Å². The molecule has 2 aromatic carbocycles.